The number of halogens is 2. The maximum Gasteiger partial charge on any atom is 0.341 e. The second-order valence-electron chi connectivity index (χ2n) is 6.55. The Morgan fingerprint density at radius 1 is 1.08 bits per heavy atom. The summed E-state index contributed by atoms with van der Waals surface area (Å²) in [6, 6.07) is 14.4. The van der Waals surface area contributed by atoms with Crippen molar-refractivity contribution in [3.8, 4) is 0 Å². The molecule has 0 aliphatic carbocycles. The van der Waals surface area contributed by atoms with Crippen molar-refractivity contribution < 1.29 is 17.2 Å². The third kappa shape index (κ3) is 3.98. The van der Waals surface area contributed by atoms with Crippen LogP contribution in [0.1, 0.15) is 18.4 Å². The van der Waals surface area contributed by atoms with Gasteiger partial charge in [0.2, 0.25) is 9.84 Å². The first-order chi connectivity index (χ1) is 12.4. The smallest absolute Gasteiger partial charge is 0.341 e. The first-order valence-electron chi connectivity index (χ1n) is 8.57. The molecule has 1 aliphatic rings. The number of sulfone groups is 1. The molecule has 1 N–H and O–H groups in total. The Hall–Kier alpha value is -2.15. The molecule has 3 rings (SSSR count). The molecule has 1 heterocycles. The highest BCUT2D eigenvalue weighted by molar-refractivity contribution is 7.91. The average Bonchev–Trinajstić information content (AvgIpc) is 2.62. The molecule has 0 radical (unpaired) electrons. The van der Waals surface area contributed by atoms with Gasteiger partial charge in [-0.1, -0.05) is 24.3 Å². The average molecular weight is 380 g/mol. The molecule has 4 nitrogen and oxygen atoms in total. The van der Waals surface area contributed by atoms with Crippen LogP contribution in [0, 0.1) is 6.92 Å². The van der Waals surface area contributed by atoms with Crippen LogP contribution in [-0.2, 0) is 9.84 Å². The number of alkyl halides is 2. The van der Waals surface area contributed by atoms with Crippen molar-refractivity contribution in [3.05, 3.63) is 54.1 Å². The monoisotopic (exact) mass is 380 g/mol. The highest BCUT2D eigenvalue weighted by Gasteiger charge is 2.31. The summed E-state index contributed by atoms with van der Waals surface area (Å²) in [6.07, 6.45) is 1.61. The summed E-state index contributed by atoms with van der Waals surface area (Å²) < 4.78 is 49.8. The van der Waals surface area contributed by atoms with Gasteiger partial charge in [0.25, 0.3) is 0 Å². The Kier molecular flexibility index (Phi) is 5.46. The molecule has 0 aromatic heterocycles. The lowest BCUT2D eigenvalue weighted by atomic mass is 10.0. The Balaban J connectivity index is 1.71. The Labute approximate surface area is 152 Å². The third-order valence-electron chi connectivity index (χ3n) is 4.63. The van der Waals surface area contributed by atoms with E-state index >= 15 is 0 Å². The largest absolute Gasteiger partial charge is 0.382 e. The van der Waals surface area contributed by atoms with Gasteiger partial charge in [-0.05, 0) is 49.6 Å². The van der Waals surface area contributed by atoms with Gasteiger partial charge in [0.1, 0.15) is 0 Å². The molecule has 1 saturated heterocycles. The number of nitrogens with zero attached hydrogens (tertiary/aromatic N) is 1. The number of benzene rings is 2. The number of aryl methyl sites for hydroxylation is 1. The second-order valence-corrected chi connectivity index (χ2v) is 8.43. The third-order valence-corrected chi connectivity index (χ3v) is 6.06. The predicted molar refractivity (Wildman–Crippen MR) is 99.7 cm³/mol. The van der Waals surface area contributed by atoms with Gasteiger partial charge in [-0.2, -0.15) is 8.78 Å². The van der Waals surface area contributed by atoms with Crippen molar-refractivity contribution in [2.24, 2.45) is 0 Å². The van der Waals surface area contributed by atoms with Crippen molar-refractivity contribution in [2.45, 2.75) is 36.5 Å². The minimum Gasteiger partial charge on any atom is -0.382 e. The van der Waals surface area contributed by atoms with E-state index in [4.69, 9.17) is 0 Å². The molecule has 140 valence electrons. The van der Waals surface area contributed by atoms with Crippen molar-refractivity contribution >= 4 is 21.2 Å². The maximum absolute atomic E-state index is 13.0. The van der Waals surface area contributed by atoms with Gasteiger partial charge in [0.15, 0.2) is 0 Å². The fourth-order valence-electron chi connectivity index (χ4n) is 3.29. The number of anilines is 2. The predicted octanol–water partition coefficient (Wildman–Crippen LogP) is 4.07. The minimum absolute atomic E-state index is 0.270. The SMILES string of the molecule is Cc1cccc(NC2CCN(c3ccccc3S(=O)(=O)C(F)F)CC2)c1. The van der Waals surface area contributed by atoms with Crippen LogP contribution in [0.15, 0.2) is 53.4 Å². The van der Waals surface area contributed by atoms with Crippen molar-refractivity contribution in [1.29, 1.82) is 0 Å². The van der Waals surface area contributed by atoms with E-state index in [1.807, 2.05) is 30.0 Å². The van der Waals surface area contributed by atoms with E-state index in [9.17, 15) is 17.2 Å². The minimum atomic E-state index is -4.61. The van der Waals surface area contributed by atoms with Crippen LogP contribution in [0.4, 0.5) is 20.2 Å². The summed E-state index contributed by atoms with van der Waals surface area (Å²) in [5, 5.41) is 3.49. The van der Waals surface area contributed by atoms with E-state index in [0.717, 1.165) is 18.5 Å². The van der Waals surface area contributed by atoms with Crippen molar-refractivity contribution in [1.82, 2.24) is 0 Å². The van der Waals surface area contributed by atoms with Gasteiger partial charge in [0.05, 0.1) is 10.6 Å². The molecule has 2 aromatic carbocycles. The zero-order chi connectivity index (χ0) is 18.7. The lowest BCUT2D eigenvalue weighted by molar-refractivity contribution is 0.234. The fourth-order valence-corrected chi connectivity index (χ4v) is 4.24. The normalized spacial score (nSPS) is 16.1. The Bertz CT molecular complexity index is 863. The number of piperidine rings is 1. The van der Waals surface area contributed by atoms with Crippen LogP contribution in [0.5, 0.6) is 0 Å². The van der Waals surface area contributed by atoms with E-state index < -0.39 is 15.6 Å². The number of rotatable bonds is 5. The van der Waals surface area contributed by atoms with E-state index in [1.54, 1.807) is 12.1 Å². The first-order valence-corrected chi connectivity index (χ1v) is 10.1. The molecule has 0 atom stereocenters. The van der Waals surface area contributed by atoms with Crippen molar-refractivity contribution in [2.75, 3.05) is 23.3 Å². The molecule has 0 spiro atoms. The zero-order valence-corrected chi connectivity index (χ0v) is 15.3. The molecular weight excluding hydrogens is 358 g/mol. The van der Waals surface area contributed by atoms with Gasteiger partial charge in [-0.25, -0.2) is 8.42 Å². The van der Waals surface area contributed by atoms with E-state index in [0.29, 0.717) is 18.8 Å². The summed E-state index contributed by atoms with van der Waals surface area (Å²) in [6.45, 7) is 3.26. The number of para-hydroxylation sites is 1. The Morgan fingerprint density at radius 3 is 2.42 bits per heavy atom. The quantitative estimate of drug-likeness (QED) is 0.849. The summed E-state index contributed by atoms with van der Waals surface area (Å²) in [5.74, 6) is -3.41. The van der Waals surface area contributed by atoms with E-state index in [-0.39, 0.29) is 10.9 Å². The molecular formula is C19H22F2N2O2S. The fraction of sp³-hybridized carbons (Fsp3) is 0.368. The summed E-state index contributed by atoms with van der Waals surface area (Å²) in [7, 11) is -4.61. The summed E-state index contributed by atoms with van der Waals surface area (Å²) >= 11 is 0. The Morgan fingerprint density at radius 2 is 1.77 bits per heavy atom. The van der Waals surface area contributed by atoms with Gasteiger partial charge in [-0.3, -0.25) is 0 Å². The molecule has 1 aliphatic heterocycles. The highest BCUT2D eigenvalue weighted by atomic mass is 32.2. The first kappa shape index (κ1) is 18.6. The molecule has 2 aromatic rings. The van der Waals surface area contributed by atoms with Crippen LogP contribution in [0.3, 0.4) is 0 Å². The summed E-state index contributed by atoms with van der Waals surface area (Å²) in [4.78, 5) is 1.59. The van der Waals surface area contributed by atoms with Crippen LogP contribution in [-0.4, -0.2) is 33.3 Å². The molecule has 0 bridgehead atoms. The number of hydrogen-bond acceptors (Lipinski definition) is 4. The highest BCUT2D eigenvalue weighted by Crippen LogP contribution is 2.31. The zero-order valence-electron chi connectivity index (χ0n) is 14.5. The van der Waals surface area contributed by atoms with Gasteiger partial charge < -0.3 is 10.2 Å². The maximum atomic E-state index is 13.0. The van der Waals surface area contributed by atoms with Crippen molar-refractivity contribution in [3.63, 3.8) is 0 Å². The topological polar surface area (TPSA) is 49.4 Å². The van der Waals surface area contributed by atoms with Crippen LogP contribution >= 0.6 is 0 Å². The molecule has 0 amide bonds. The number of nitrogens with one attached hydrogen (secondary N) is 1. The van der Waals surface area contributed by atoms with E-state index in [1.165, 1.54) is 17.7 Å². The van der Waals surface area contributed by atoms with Gasteiger partial charge >= 0.3 is 5.76 Å². The number of hydrogen-bond donors (Lipinski definition) is 1. The molecule has 0 saturated carbocycles. The van der Waals surface area contributed by atoms with Crippen LogP contribution < -0.4 is 10.2 Å². The summed E-state index contributed by atoms with van der Waals surface area (Å²) in [5.41, 5.74) is 2.60. The van der Waals surface area contributed by atoms with Gasteiger partial charge in [0, 0.05) is 24.8 Å². The molecule has 1 fully saturated rings. The standard InChI is InChI=1S/C19H22F2N2O2S/c1-14-5-4-6-16(13-14)22-15-9-11-23(12-10-15)17-7-2-3-8-18(17)26(24,25)19(20)21/h2-8,13,15,19,22H,9-12H2,1H3. The van der Waals surface area contributed by atoms with Crippen LogP contribution in [0.2, 0.25) is 0 Å². The lowest BCUT2D eigenvalue weighted by Crippen LogP contribution is -2.39. The molecule has 26 heavy (non-hydrogen) atoms. The molecule has 7 heteroatoms. The second kappa shape index (κ2) is 7.61. The lowest BCUT2D eigenvalue weighted by Gasteiger charge is -2.35. The van der Waals surface area contributed by atoms with Gasteiger partial charge in [-0.15, -0.1) is 0 Å². The van der Waals surface area contributed by atoms with Crippen LogP contribution in [0.25, 0.3) is 0 Å². The van der Waals surface area contributed by atoms with E-state index in [2.05, 4.69) is 11.4 Å². The molecule has 0 unspecified atom stereocenters.